The van der Waals surface area contributed by atoms with Crippen LogP contribution in [0.4, 0.5) is 4.39 Å². The summed E-state index contributed by atoms with van der Waals surface area (Å²) in [6.45, 7) is 3.86. The molecule has 112 valence electrons. The fraction of sp³-hybridized carbons (Fsp3) is 0.625. The Morgan fingerprint density at radius 1 is 1.50 bits per heavy atom. The molecule has 1 aromatic carbocycles. The maximum atomic E-state index is 13.6. The lowest BCUT2D eigenvalue weighted by Gasteiger charge is -2.24. The Morgan fingerprint density at radius 2 is 2.35 bits per heavy atom. The lowest BCUT2D eigenvalue weighted by molar-refractivity contribution is 0.0942. The number of hydrogen-bond acceptors (Lipinski definition) is 3. The van der Waals surface area contributed by atoms with Gasteiger partial charge in [0.05, 0.1) is 13.2 Å². The Balaban J connectivity index is 2.17. The quantitative estimate of drug-likeness (QED) is 0.830. The standard InChI is InChI=1S/C16H24FNO2/c1-3-8-18-15(11-13-5-4-9-20-13)14-10-12(17)6-7-16(14)19-2/h6-7,10,13,15,18H,3-5,8-9,11H2,1-2H3. The van der Waals surface area contributed by atoms with Gasteiger partial charge in [0.15, 0.2) is 0 Å². The molecule has 0 bridgehead atoms. The molecule has 0 aromatic heterocycles. The topological polar surface area (TPSA) is 30.5 Å². The van der Waals surface area contributed by atoms with Crippen LogP contribution in [0.2, 0.25) is 0 Å². The zero-order valence-corrected chi connectivity index (χ0v) is 12.3. The summed E-state index contributed by atoms with van der Waals surface area (Å²) in [6, 6.07) is 4.77. The molecule has 2 rings (SSSR count). The van der Waals surface area contributed by atoms with E-state index in [0.717, 1.165) is 50.1 Å². The molecular weight excluding hydrogens is 257 g/mol. The number of rotatable bonds is 7. The van der Waals surface area contributed by atoms with Crippen LogP contribution < -0.4 is 10.1 Å². The van der Waals surface area contributed by atoms with Crippen molar-refractivity contribution in [1.29, 1.82) is 0 Å². The molecule has 4 heteroatoms. The molecule has 0 radical (unpaired) electrons. The van der Waals surface area contributed by atoms with Crippen LogP contribution in [0.15, 0.2) is 18.2 Å². The maximum absolute atomic E-state index is 13.6. The van der Waals surface area contributed by atoms with Gasteiger partial charge >= 0.3 is 0 Å². The van der Waals surface area contributed by atoms with Crippen molar-refractivity contribution in [1.82, 2.24) is 5.32 Å². The van der Waals surface area contributed by atoms with Crippen molar-refractivity contribution < 1.29 is 13.9 Å². The normalized spacial score (nSPS) is 20.1. The van der Waals surface area contributed by atoms with Crippen molar-refractivity contribution in [2.45, 2.75) is 44.8 Å². The summed E-state index contributed by atoms with van der Waals surface area (Å²) in [6.07, 6.45) is 4.37. The fourth-order valence-corrected chi connectivity index (χ4v) is 2.71. The summed E-state index contributed by atoms with van der Waals surface area (Å²) in [7, 11) is 1.62. The average molecular weight is 281 g/mol. The van der Waals surface area contributed by atoms with Crippen LogP contribution >= 0.6 is 0 Å². The summed E-state index contributed by atoms with van der Waals surface area (Å²) in [5, 5.41) is 3.49. The fourth-order valence-electron chi connectivity index (χ4n) is 2.71. The van der Waals surface area contributed by atoms with Crippen LogP contribution in [0.3, 0.4) is 0 Å². The van der Waals surface area contributed by atoms with Crippen LogP contribution in [0.5, 0.6) is 5.75 Å². The van der Waals surface area contributed by atoms with Gasteiger partial charge in [0.25, 0.3) is 0 Å². The van der Waals surface area contributed by atoms with Crippen LogP contribution in [-0.4, -0.2) is 26.4 Å². The molecule has 2 unspecified atom stereocenters. The number of nitrogens with one attached hydrogen (secondary N) is 1. The van der Waals surface area contributed by atoms with Gasteiger partial charge in [-0.2, -0.15) is 0 Å². The minimum absolute atomic E-state index is 0.0729. The molecule has 0 aliphatic carbocycles. The van der Waals surface area contributed by atoms with Crippen molar-refractivity contribution in [3.63, 3.8) is 0 Å². The molecule has 1 heterocycles. The third-order valence-electron chi connectivity index (χ3n) is 3.73. The Labute approximate surface area is 120 Å². The molecule has 1 N–H and O–H groups in total. The molecule has 0 saturated carbocycles. The van der Waals surface area contributed by atoms with Crippen molar-refractivity contribution in [3.05, 3.63) is 29.6 Å². The number of benzene rings is 1. The highest BCUT2D eigenvalue weighted by molar-refractivity contribution is 5.36. The second-order valence-corrected chi connectivity index (χ2v) is 5.26. The van der Waals surface area contributed by atoms with Gasteiger partial charge in [-0.05, 0) is 50.4 Å². The molecule has 1 aliphatic rings. The summed E-state index contributed by atoms with van der Waals surface area (Å²) < 4.78 is 24.7. The van der Waals surface area contributed by atoms with Gasteiger partial charge in [-0.3, -0.25) is 0 Å². The monoisotopic (exact) mass is 281 g/mol. The Kier molecular flexibility index (Phi) is 5.80. The molecule has 0 amide bonds. The van der Waals surface area contributed by atoms with Crippen molar-refractivity contribution in [3.8, 4) is 5.75 Å². The Morgan fingerprint density at radius 3 is 3.00 bits per heavy atom. The first-order chi connectivity index (χ1) is 9.74. The molecular formula is C16H24FNO2. The van der Waals surface area contributed by atoms with Crippen molar-refractivity contribution >= 4 is 0 Å². The highest BCUT2D eigenvalue weighted by Gasteiger charge is 2.24. The SMILES string of the molecule is CCCNC(CC1CCCO1)c1cc(F)ccc1OC. The third-order valence-corrected chi connectivity index (χ3v) is 3.73. The number of halogens is 1. The first kappa shape index (κ1) is 15.3. The van der Waals surface area contributed by atoms with E-state index in [0.29, 0.717) is 0 Å². The lowest BCUT2D eigenvalue weighted by atomic mass is 9.98. The first-order valence-corrected chi connectivity index (χ1v) is 7.43. The van der Waals surface area contributed by atoms with E-state index in [9.17, 15) is 4.39 Å². The minimum Gasteiger partial charge on any atom is -0.496 e. The summed E-state index contributed by atoms with van der Waals surface area (Å²) in [4.78, 5) is 0. The van der Waals surface area contributed by atoms with E-state index in [1.54, 1.807) is 19.2 Å². The van der Waals surface area contributed by atoms with Gasteiger partial charge in [-0.15, -0.1) is 0 Å². The smallest absolute Gasteiger partial charge is 0.123 e. The highest BCUT2D eigenvalue weighted by atomic mass is 19.1. The predicted octanol–water partition coefficient (Wildman–Crippen LogP) is 3.44. The van der Waals surface area contributed by atoms with Gasteiger partial charge < -0.3 is 14.8 Å². The van der Waals surface area contributed by atoms with Gasteiger partial charge in [0.2, 0.25) is 0 Å². The predicted molar refractivity (Wildman–Crippen MR) is 77.6 cm³/mol. The zero-order chi connectivity index (χ0) is 14.4. The summed E-state index contributed by atoms with van der Waals surface area (Å²) >= 11 is 0. The molecule has 1 fully saturated rings. The van der Waals surface area contributed by atoms with Gasteiger partial charge in [0.1, 0.15) is 11.6 Å². The second kappa shape index (κ2) is 7.60. The minimum atomic E-state index is -0.226. The third kappa shape index (κ3) is 3.93. The molecule has 0 spiro atoms. The van der Waals surface area contributed by atoms with E-state index in [4.69, 9.17) is 9.47 Å². The van der Waals surface area contributed by atoms with E-state index < -0.39 is 0 Å². The maximum Gasteiger partial charge on any atom is 0.123 e. The first-order valence-electron chi connectivity index (χ1n) is 7.43. The molecule has 1 aliphatic heterocycles. The van der Waals surface area contributed by atoms with Gasteiger partial charge in [-0.25, -0.2) is 4.39 Å². The van der Waals surface area contributed by atoms with E-state index in [1.165, 1.54) is 6.07 Å². The number of ether oxygens (including phenoxy) is 2. The van der Waals surface area contributed by atoms with Gasteiger partial charge in [0, 0.05) is 18.2 Å². The largest absolute Gasteiger partial charge is 0.496 e. The van der Waals surface area contributed by atoms with Crippen LogP contribution in [0.1, 0.15) is 44.2 Å². The van der Waals surface area contributed by atoms with E-state index in [2.05, 4.69) is 12.2 Å². The number of methoxy groups -OCH3 is 1. The number of hydrogen-bond donors (Lipinski definition) is 1. The van der Waals surface area contributed by atoms with E-state index >= 15 is 0 Å². The molecule has 1 aromatic rings. The summed E-state index contributed by atoms with van der Waals surface area (Å²) in [5.74, 6) is 0.509. The Bertz CT molecular complexity index is 419. The van der Waals surface area contributed by atoms with Crippen LogP contribution in [-0.2, 0) is 4.74 Å². The van der Waals surface area contributed by atoms with Gasteiger partial charge in [-0.1, -0.05) is 6.92 Å². The average Bonchev–Trinajstić information content (AvgIpc) is 2.96. The van der Waals surface area contributed by atoms with E-state index in [1.807, 2.05) is 0 Å². The molecule has 1 saturated heterocycles. The van der Waals surface area contributed by atoms with Crippen LogP contribution in [0.25, 0.3) is 0 Å². The van der Waals surface area contributed by atoms with Crippen molar-refractivity contribution in [2.75, 3.05) is 20.3 Å². The van der Waals surface area contributed by atoms with E-state index in [-0.39, 0.29) is 18.0 Å². The summed E-state index contributed by atoms with van der Waals surface area (Å²) in [5.41, 5.74) is 0.886. The lowest BCUT2D eigenvalue weighted by Crippen LogP contribution is -2.26. The highest BCUT2D eigenvalue weighted by Crippen LogP contribution is 2.31. The zero-order valence-electron chi connectivity index (χ0n) is 12.3. The molecule has 2 atom stereocenters. The Hall–Kier alpha value is -1.13. The molecule has 20 heavy (non-hydrogen) atoms. The molecule has 3 nitrogen and oxygen atoms in total. The van der Waals surface area contributed by atoms with Crippen LogP contribution in [0, 0.1) is 5.82 Å². The second-order valence-electron chi connectivity index (χ2n) is 5.26. The van der Waals surface area contributed by atoms with Crippen molar-refractivity contribution in [2.24, 2.45) is 0 Å².